The summed E-state index contributed by atoms with van der Waals surface area (Å²) < 4.78 is 1.84. The molecule has 0 saturated heterocycles. The fourth-order valence-electron chi connectivity index (χ4n) is 1.81. The second kappa shape index (κ2) is 4.39. The molecule has 2 aromatic heterocycles. The number of nitrogens with zero attached hydrogens (tertiary/aromatic N) is 2. The van der Waals surface area contributed by atoms with Gasteiger partial charge in [-0.25, -0.2) is 0 Å². The highest BCUT2D eigenvalue weighted by molar-refractivity contribution is 7.12. The molecule has 0 amide bonds. The van der Waals surface area contributed by atoms with Gasteiger partial charge in [-0.05, 0) is 32.5 Å². The van der Waals surface area contributed by atoms with Crippen LogP contribution in [0.4, 0.5) is 0 Å². The van der Waals surface area contributed by atoms with E-state index in [0.29, 0.717) is 0 Å². The number of rotatable bonds is 3. The number of nitrogens with one attached hydrogen (secondary N) is 1. The van der Waals surface area contributed by atoms with Crippen LogP contribution in [0.5, 0.6) is 0 Å². The lowest BCUT2D eigenvalue weighted by atomic mass is 10.1. The van der Waals surface area contributed by atoms with Crippen molar-refractivity contribution in [3.8, 4) is 0 Å². The van der Waals surface area contributed by atoms with Gasteiger partial charge in [0, 0.05) is 28.6 Å². The fraction of sp³-hybridized carbons (Fsp3) is 0.417. The van der Waals surface area contributed by atoms with Crippen LogP contribution in [0.2, 0.25) is 0 Å². The highest BCUT2D eigenvalue weighted by Gasteiger charge is 2.16. The molecule has 0 aromatic carbocycles. The van der Waals surface area contributed by atoms with E-state index < -0.39 is 0 Å². The number of aryl methyl sites for hydroxylation is 3. The maximum Gasteiger partial charge on any atom is 0.0699 e. The van der Waals surface area contributed by atoms with Crippen molar-refractivity contribution in [3.05, 3.63) is 39.3 Å². The molecule has 2 aromatic rings. The van der Waals surface area contributed by atoms with E-state index in [9.17, 15) is 0 Å². The molecule has 0 aliphatic rings. The van der Waals surface area contributed by atoms with Crippen LogP contribution in [-0.2, 0) is 7.05 Å². The van der Waals surface area contributed by atoms with Gasteiger partial charge in [0.1, 0.15) is 0 Å². The molecule has 3 nitrogen and oxygen atoms in total. The maximum absolute atomic E-state index is 4.22. The predicted octanol–water partition coefficient (Wildman–Crippen LogP) is 2.41. The molecular weight excluding hydrogens is 218 g/mol. The monoisotopic (exact) mass is 235 g/mol. The first-order chi connectivity index (χ1) is 7.61. The van der Waals surface area contributed by atoms with E-state index in [1.54, 1.807) is 0 Å². The lowest BCUT2D eigenvalue weighted by Gasteiger charge is -2.11. The molecule has 0 saturated carbocycles. The summed E-state index contributed by atoms with van der Waals surface area (Å²) >= 11 is 1.85. The van der Waals surface area contributed by atoms with E-state index in [-0.39, 0.29) is 6.04 Å². The Balaban J connectivity index is 2.36. The van der Waals surface area contributed by atoms with E-state index >= 15 is 0 Å². The van der Waals surface area contributed by atoms with E-state index in [2.05, 4.69) is 36.5 Å². The van der Waals surface area contributed by atoms with Crippen molar-refractivity contribution in [2.24, 2.45) is 7.05 Å². The van der Waals surface area contributed by atoms with Crippen LogP contribution >= 0.6 is 11.3 Å². The van der Waals surface area contributed by atoms with Gasteiger partial charge in [-0.1, -0.05) is 0 Å². The van der Waals surface area contributed by atoms with Crippen molar-refractivity contribution in [2.75, 3.05) is 7.05 Å². The normalized spacial score (nSPS) is 13.0. The van der Waals surface area contributed by atoms with Crippen molar-refractivity contribution in [1.29, 1.82) is 0 Å². The zero-order chi connectivity index (χ0) is 11.7. The Morgan fingerprint density at radius 1 is 1.44 bits per heavy atom. The molecule has 1 atom stereocenters. The summed E-state index contributed by atoms with van der Waals surface area (Å²) in [4.78, 5) is 2.74. The highest BCUT2D eigenvalue weighted by atomic mass is 32.1. The van der Waals surface area contributed by atoms with Crippen molar-refractivity contribution in [2.45, 2.75) is 19.9 Å². The Morgan fingerprint density at radius 2 is 2.19 bits per heavy atom. The first kappa shape index (κ1) is 11.4. The molecule has 0 aliphatic heterocycles. The van der Waals surface area contributed by atoms with Gasteiger partial charge in [0.25, 0.3) is 0 Å². The lowest BCUT2D eigenvalue weighted by Crippen LogP contribution is -2.15. The summed E-state index contributed by atoms with van der Waals surface area (Å²) in [6.07, 6.45) is 3.98. The minimum atomic E-state index is 0.256. The molecule has 86 valence electrons. The third-order valence-electron chi connectivity index (χ3n) is 2.82. The molecule has 1 unspecified atom stereocenters. The van der Waals surface area contributed by atoms with Crippen LogP contribution < -0.4 is 5.32 Å². The summed E-state index contributed by atoms with van der Waals surface area (Å²) in [5.74, 6) is 0. The zero-order valence-corrected chi connectivity index (χ0v) is 10.9. The van der Waals surface area contributed by atoms with Crippen molar-refractivity contribution in [1.82, 2.24) is 15.1 Å². The van der Waals surface area contributed by atoms with Crippen LogP contribution in [0.15, 0.2) is 18.5 Å². The third-order valence-corrected chi connectivity index (χ3v) is 4.03. The van der Waals surface area contributed by atoms with Gasteiger partial charge in [0.05, 0.1) is 12.2 Å². The van der Waals surface area contributed by atoms with Gasteiger partial charge >= 0.3 is 0 Å². The van der Waals surface area contributed by atoms with Gasteiger partial charge in [-0.3, -0.25) is 4.68 Å². The van der Waals surface area contributed by atoms with Gasteiger partial charge < -0.3 is 5.32 Å². The smallest absolute Gasteiger partial charge is 0.0699 e. The summed E-state index contributed by atoms with van der Waals surface area (Å²) in [5.41, 5.74) is 2.58. The standard InChI is InChI=1S/C12H17N3S/c1-8-5-11(16-9(8)2)12(13-3)10-6-14-15(4)7-10/h5-7,12-13H,1-4H3. The molecule has 0 bridgehead atoms. The van der Waals surface area contributed by atoms with Gasteiger partial charge in [0.15, 0.2) is 0 Å². The van der Waals surface area contributed by atoms with Gasteiger partial charge in [0.2, 0.25) is 0 Å². The van der Waals surface area contributed by atoms with E-state index in [1.807, 2.05) is 36.3 Å². The van der Waals surface area contributed by atoms with Crippen LogP contribution in [0, 0.1) is 13.8 Å². The molecule has 2 heterocycles. The van der Waals surface area contributed by atoms with E-state index in [1.165, 1.54) is 20.9 Å². The molecule has 1 N–H and O–H groups in total. The Bertz CT molecular complexity index is 465. The zero-order valence-electron chi connectivity index (χ0n) is 10.1. The summed E-state index contributed by atoms with van der Waals surface area (Å²) in [5, 5.41) is 7.57. The Hall–Kier alpha value is -1.13. The molecule has 2 rings (SSSR count). The number of hydrogen-bond acceptors (Lipinski definition) is 3. The first-order valence-corrected chi connectivity index (χ1v) is 6.16. The minimum absolute atomic E-state index is 0.256. The molecule has 4 heteroatoms. The Morgan fingerprint density at radius 3 is 2.62 bits per heavy atom. The first-order valence-electron chi connectivity index (χ1n) is 5.34. The minimum Gasteiger partial charge on any atom is -0.309 e. The van der Waals surface area contributed by atoms with Crippen molar-refractivity contribution >= 4 is 11.3 Å². The van der Waals surface area contributed by atoms with Gasteiger partial charge in [-0.15, -0.1) is 11.3 Å². The van der Waals surface area contributed by atoms with E-state index in [4.69, 9.17) is 0 Å². The SMILES string of the molecule is CNC(c1cnn(C)c1)c1cc(C)c(C)s1. The van der Waals surface area contributed by atoms with Gasteiger partial charge in [-0.2, -0.15) is 5.10 Å². The summed E-state index contributed by atoms with van der Waals surface area (Å²) in [6.45, 7) is 4.32. The Labute approximate surface area is 100 Å². The fourth-order valence-corrected chi connectivity index (χ4v) is 2.99. The molecular formula is C12H17N3S. The quantitative estimate of drug-likeness (QED) is 0.885. The molecule has 0 fully saturated rings. The predicted molar refractivity (Wildman–Crippen MR) is 67.9 cm³/mol. The number of aromatic nitrogens is 2. The maximum atomic E-state index is 4.22. The van der Waals surface area contributed by atoms with Crippen LogP contribution in [-0.4, -0.2) is 16.8 Å². The Kier molecular flexibility index (Phi) is 3.12. The second-order valence-corrected chi connectivity index (χ2v) is 5.34. The lowest BCUT2D eigenvalue weighted by molar-refractivity contribution is 0.700. The average molecular weight is 235 g/mol. The highest BCUT2D eigenvalue weighted by Crippen LogP contribution is 2.30. The molecule has 0 spiro atoms. The van der Waals surface area contributed by atoms with E-state index in [0.717, 1.165) is 0 Å². The summed E-state index contributed by atoms with van der Waals surface area (Å²) in [7, 11) is 3.93. The van der Waals surface area contributed by atoms with Crippen LogP contribution in [0.25, 0.3) is 0 Å². The molecule has 0 radical (unpaired) electrons. The van der Waals surface area contributed by atoms with Crippen LogP contribution in [0.1, 0.15) is 26.9 Å². The largest absolute Gasteiger partial charge is 0.309 e. The van der Waals surface area contributed by atoms with Crippen LogP contribution in [0.3, 0.4) is 0 Å². The average Bonchev–Trinajstić information content (AvgIpc) is 2.77. The summed E-state index contributed by atoms with van der Waals surface area (Å²) in [6, 6.07) is 2.51. The number of hydrogen-bond donors (Lipinski definition) is 1. The topological polar surface area (TPSA) is 29.9 Å². The number of thiophene rings is 1. The second-order valence-electron chi connectivity index (χ2n) is 4.06. The molecule has 0 aliphatic carbocycles. The molecule has 16 heavy (non-hydrogen) atoms. The third kappa shape index (κ3) is 2.03. The van der Waals surface area contributed by atoms with Crippen molar-refractivity contribution in [3.63, 3.8) is 0 Å². The van der Waals surface area contributed by atoms with Crippen molar-refractivity contribution < 1.29 is 0 Å².